The maximum absolute atomic E-state index is 11.3. The van der Waals surface area contributed by atoms with E-state index in [4.69, 9.17) is 13.0 Å². The van der Waals surface area contributed by atoms with E-state index in [0.717, 1.165) is 0 Å². The Balaban J connectivity index is 4.54. The van der Waals surface area contributed by atoms with Crippen molar-refractivity contribution in [2.75, 3.05) is 6.61 Å². The molecule has 0 aromatic rings. The Kier molecular flexibility index (Phi) is 8.29. The fraction of sp³-hybridized carbons (Fsp3) is 0.769. The monoisotopic (exact) mass is 350 g/mol. The van der Waals surface area contributed by atoms with E-state index in [9.17, 15) is 9.90 Å². The Morgan fingerprint density at radius 2 is 1.57 bits per heavy atom. The molecule has 0 aromatic carbocycles. The lowest BCUT2D eigenvalue weighted by Gasteiger charge is -2.33. The van der Waals surface area contributed by atoms with Crippen LogP contribution in [-0.4, -0.2) is 49.3 Å². The Labute approximate surface area is 132 Å². The number of aliphatic hydroxyl groups is 1. The lowest BCUT2D eigenvalue weighted by atomic mass is 10.4. The smallest absolute Gasteiger partial charge is 0.333 e. The summed E-state index contributed by atoms with van der Waals surface area (Å²) in [5.74, 6) is -0.433. The summed E-state index contributed by atoms with van der Waals surface area (Å²) in [6.45, 7) is 17.7. The van der Waals surface area contributed by atoms with Gasteiger partial charge >= 0.3 is 15.3 Å². The van der Waals surface area contributed by atoms with Gasteiger partial charge in [-0.3, -0.25) is 0 Å². The van der Waals surface area contributed by atoms with Crippen LogP contribution in [0.15, 0.2) is 12.2 Å². The van der Waals surface area contributed by atoms with Gasteiger partial charge in [-0.05, 0) is 46.2 Å². The van der Waals surface area contributed by atoms with Gasteiger partial charge in [0.2, 0.25) is 0 Å². The van der Waals surface area contributed by atoms with Crippen molar-refractivity contribution in [3.05, 3.63) is 12.2 Å². The molecule has 0 amide bonds. The van der Waals surface area contributed by atoms with Crippen molar-refractivity contribution in [3.63, 3.8) is 0 Å². The largest absolute Gasteiger partial charge is 0.462 e. The molecule has 0 saturated carbocycles. The lowest BCUT2D eigenvalue weighted by Crippen LogP contribution is -2.50. The van der Waals surface area contributed by atoms with Crippen LogP contribution in [0.5, 0.6) is 0 Å². The van der Waals surface area contributed by atoms with Crippen LogP contribution >= 0.6 is 0 Å². The first-order valence-electron chi connectivity index (χ1n) is 7.18. The van der Waals surface area contributed by atoms with Gasteiger partial charge in [-0.1, -0.05) is 6.58 Å². The Morgan fingerprint density at radius 1 is 1.14 bits per heavy atom. The first-order chi connectivity index (χ1) is 9.32. The number of esters is 1. The van der Waals surface area contributed by atoms with E-state index in [1.54, 1.807) is 6.92 Å². The molecule has 0 rings (SSSR count). The Morgan fingerprint density at radius 3 is 1.90 bits per heavy atom. The Bertz CT molecular complexity index is 344. The summed E-state index contributed by atoms with van der Waals surface area (Å²) >= 11 is 0. The molecule has 0 aliphatic heterocycles. The summed E-state index contributed by atoms with van der Waals surface area (Å²) in [5.41, 5.74) is -0.323. The van der Waals surface area contributed by atoms with Crippen LogP contribution in [0.2, 0.25) is 39.3 Å². The molecule has 0 radical (unpaired) electrons. The van der Waals surface area contributed by atoms with Crippen LogP contribution in [0.4, 0.5) is 0 Å². The van der Waals surface area contributed by atoms with Gasteiger partial charge in [-0.25, -0.2) is 4.79 Å². The van der Waals surface area contributed by atoms with Crippen molar-refractivity contribution in [3.8, 4) is 0 Å². The second kappa shape index (κ2) is 8.39. The number of aliphatic hydroxyl groups excluding tert-OH is 1. The second-order valence-electron chi connectivity index (χ2n) is 7.10. The van der Waals surface area contributed by atoms with Gasteiger partial charge < -0.3 is 18.1 Å². The maximum atomic E-state index is 11.3. The second-order valence-corrected chi connectivity index (χ2v) is 18.9. The third-order valence-electron chi connectivity index (χ3n) is 2.25. The standard InChI is InChI=1S/C13H30O5Si3/c1-11(2)13(15)16-10-9-12(14)19(17-20(3,4)5)18-21(6,7)8/h12,14,19H,1,9-10H2,2-8H3. The van der Waals surface area contributed by atoms with Gasteiger partial charge in [0.1, 0.15) is 0 Å². The van der Waals surface area contributed by atoms with Gasteiger partial charge in [0.05, 0.1) is 12.3 Å². The molecule has 0 fully saturated rings. The SMILES string of the molecule is C=C(C)C(=O)OCCC(O)[SiH](O[Si](C)(C)C)O[Si](C)(C)C. The van der Waals surface area contributed by atoms with E-state index in [-0.39, 0.29) is 6.61 Å². The van der Waals surface area contributed by atoms with Gasteiger partial charge in [-0.15, -0.1) is 0 Å². The molecule has 0 aromatic heterocycles. The fourth-order valence-corrected chi connectivity index (χ4v) is 9.28. The molecule has 5 nitrogen and oxygen atoms in total. The van der Waals surface area contributed by atoms with Crippen molar-refractivity contribution in [1.29, 1.82) is 0 Å². The molecule has 1 N–H and O–H groups in total. The van der Waals surface area contributed by atoms with Crippen molar-refractivity contribution < 1.29 is 22.9 Å². The molecule has 0 heterocycles. The van der Waals surface area contributed by atoms with Crippen LogP contribution in [0, 0.1) is 0 Å². The predicted molar refractivity (Wildman–Crippen MR) is 92.4 cm³/mol. The number of hydrogen-bond acceptors (Lipinski definition) is 5. The molecule has 0 aliphatic rings. The third kappa shape index (κ3) is 11.0. The maximum Gasteiger partial charge on any atom is 0.333 e. The van der Waals surface area contributed by atoms with Gasteiger partial charge in [0, 0.05) is 12.0 Å². The van der Waals surface area contributed by atoms with Crippen molar-refractivity contribution in [2.24, 2.45) is 0 Å². The molecular weight excluding hydrogens is 320 g/mol. The molecular formula is C13H30O5Si3. The predicted octanol–water partition coefficient (Wildman–Crippen LogP) is 2.32. The van der Waals surface area contributed by atoms with Gasteiger partial charge in [-0.2, -0.15) is 0 Å². The number of rotatable bonds is 9. The third-order valence-corrected chi connectivity index (χ3v) is 10.7. The van der Waals surface area contributed by atoms with Crippen molar-refractivity contribution in [1.82, 2.24) is 0 Å². The molecule has 0 spiro atoms. The average molecular weight is 351 g/mol. The Hall–Kier alpha value is -0.259. The highest BCUT2D eigenvalue weighted by Crippen LogP contribution is 2.15. The zero-order valence-electron chi connectivity index (χ0n) is 14.4. The first-order valence-corrected chi connectivity index (χ1v) is 15.6. The topological polar surface area (TPSA) is 65.0 Å². The summed E-state index contributed by atoms with van der Waals surface area (Å²) in [6, 6.07) is 0. The van der Waals surface area contributed by atoms with E-state index in [1.807, 2.05) is 0 Å². The highest BCUT2D eigenvalue weighted by atomic mass is 28.4. The normalized spacial score (nSPS) is 14.1. The van der Waals surface area contributed by atoms with Crippen molar-refractivity contribution in [2.45, 2.75) is 58.4 Å². The quantitative estimate of drug-likeness (QED) is 0.393. The lowest BCUT2D eigenvalue weighted by molar-refractivity contribution is -0.139. The van der Waals surface area contributed by atoms with Crippen LogP contribution in [0.25, 0.3) is 0 Å². The highest BCUT2D eigenvalue weighted by Gasteiger charge is 2.34. The van der Waals surface area contributed by atoms with E-state index in [0.29, 0.717) is 12.0 Å². The zero-order valence-corrected chi connectivity index (χ0v) is 17.5. The van der Waals surface area contributed by atoms with E-state index in [2.05, 4.69) is 45.9 Å². The van der Waals surface area contributed by atoms with Crippen LogP contribution < -0.4 is 0 Å². The molecule has 0 aliphatic carbocycles. The molecule has 0 saturated heterocycles. The summed E-state index contributed by atoms with van der Waals surface area (Å²) in [7, 11) is -5.77. The fourth-order valence-electron chi connectivity index (χ4n) is 1.41. The minimum absolute atomic E-state index is 0.153. The molecule has 124 valence electrons. The van der Waals surface area contributed by atoms with Crippen molar-refractivity contribution >= 4 is 31.9 Å². The van der Waals surface area contributed by atoms with E-state index >= 15 is 0 Å². The number of carbonyl (C=O) groups excluding carboxylic acids is 1. The summed E-state index contributed by atoms with van der Waals surface area (Å²) < 4.78 is 17.1. The molecule has 1 unspecified atom stereocenters. The van der Waals surface area contributed by atoms with Crippen LogP contribution in [0.3, 0.4) is 0 Å². The number of hydrogen-bond donors (Lipinski definition) is 1. The summed E-state index contributed by atoms with van der Waals surface area (Å²) in [5, 5.41) is 10.3. The van der Waals surface area contributed by atoms with Gasteiger partial charge in [0.15, 0.2) is 16.6 Å². The molecule has 1 atom stereocenters. The number of carbonyl (C=O) groups is 1. The number of ether oxygens (including phenoxy) is 1. The first kappa shape index (κ1) is 20.7. The van der Waals surface area contributed by atoms with E-state index < -0.39 is 37.6 Å². The molecule has 21 heavy (non-hydrogen) atoms. The van der Waals surface area contributed by atoms with E-state index in [1.165, 1.54) is 0 Å². The summed E-state index contributed by atoms with van der Waals surface area (Å²) in [6.07, 6.45) is 0.338. The minimum Gasteiger partial charge on any atom is -0.462 e. The van der Waals surface area contributed by atoms with Gasteiger partial charge in [0.25, 0.3) is 0 Å². The molecule has 8 heteroatoms. The molecule has 0 bridgehead atoms. The highest BCUT2D eigenvalue weighted by molar-refractivity contribution is 6.81. The van der Waals surface area contributed by atoms with Crippen LogP contribution in [0.1, 0.15) is 13.3 Å². The minimum atomic E-state index is -2.20. The van der Waals surface area contributed by atoms with Crippen LogP contribution in [-0.2, 0) is 17.8 Å². The zero-order chi connectivity index (χ0) is 16.8. The summed E-state index contributed by atoms with van der Waals surface area (Å²) in [4.78, 5) is 11.3. The average Bonchev–Trinajstić information content (AvgIpc) is 2.23.